The second-order valence-corrected chi connectivity index (χ2v) is 5.95. The maximum absolute atomic E-state index is 12.5. The van der Waals surface area contributed by atoms with Gasteiger partial charge in [-0.25, -0.2) is 4.98 Å². The van der Waals surface area contributed by atoms with Crippen molar-refractivity contribution in [1.82, 2.24) is 14.8 Å². The molecule has 0 saturated carbocycles. The van der Waals surface area contributed by atoms with Crippen LogP contribution in [0.2, 0.25) is 0 Å². The van der Waals surface area contributed by atoms with Crippen molar-refractivity contribution in [1.29, 1.82) is 0 Å². The normalized spacial score (nSPS) is 11.0. The summed E-state index contributed by atoms with van der Waals surface area (Å²) in [6.45, 7) is 5.89. The lowest BCUT2D eigenvalue weighted by Gasteiger charge is -2.19. The summed E-state index contributed by atoms with van der Waals surface area (Å²) in [7, 11) is 7.76. The summed E-state index contributed by atoms with van der Waals surface area (Å²) in [6, 6.07) is 3.72. The number of anilines is 1. The average molecular weight is 292 g/mol. The molecule has 0 radical (unpaired) electrons. The zero-order valence-electron chi connectivity index (χ0n) is 14.1. The largest absolute Gasteiger partial charge is 0.373 e. The molecule has 21 heavy (non-hydrogen) atoms. The van der Waals surface area contributed by atoms with Gasteiger partial charge in [-0.15, -0.1) is 0 Å². The first-order chi connectivity index (χ1) is 9.85. The summed E-state index contributed by atoms with van der Waals surface area (Å²) < 4.78 is 0. The molecule has 0 bridgehead atoms. The number of carbonyl (C=O) groups excluding carboxylic acids is 1. The molecule has 0 aromatic carbocycles. The van der Waals surface area contributed by atoms with Crippen molar-refractivity contribution >= 4 is 11.7 Å². The van der Waals surface area contributed by atoms with Gasteiger partial charge in [0.1, 0.15) is 5.82 Å². The van der Waals surface area contributed by atoms with Crippen LogP contribution in [0.4, 0.5) is 5.82 Å². The van der Waals surface area contributed by atoms with Gasteiger partial charge in [0.15, 0.2) is 0 Å². The highest BCUT2D eigenvalue weighted by molar-refractivity contribution is 5.94. The molecule has 0 fully saturated rings. The third-order valence-electron chi connectivity index (χ3n) is 3.39. The average Bonchev–Trinajstić information content (AvgIpc) is 2.45. The molecule has 0 spiro atoms. The Morgan fingerprint density at radius 1 is 1.24 bits per heavy atom. The molecule has 1 amide bonds. The molecule has 1 rings (SSSR count). The first kappa shape index (κ1) is 17.4. The number of pyridine rings is 1. The highest BCUT2D eigenvalue weighted by Gasteiger charge is 2.15. The minimum absolute atomic E-state index is 0.0505. The minimum Gasteiger partial charge on any atom is -0.373 e. The van der Waals surface area contributed by atoms with E-state index in [4.69, 9.17) is 0 Å². The number of hydrogen-bond acceptors (Lipinski definition) is 4. The highest BCUT2D eigenvalue weighted by atomic mass is 16.2. The molecule has 1 N–H and O–H groups in total. The first-order valence-electron chi connectivity index (χ1n) is 7.45. The van der Waals surface area contributed by atoms with Crippen molar-refractivity contribution in [3.63, 3.8) is 0 Å². The summed E-state index contributed by atoms with van der Waals surface area (Å²) in [5.74, 6) is 1.09. The molecule has 0 aliphatic heterocycles. The maximum Gasteiger partial charge on any atom is 0.253 e. The standard InChI is InChI=1S/C16H28N4O/c1-12(2)14-10-13(11-15(17-3)18-14)16(21)20(6)9-7-8-19(4)5/h10-12H,7-9H2,1-6H3,(H,17,18). The van der Waals surface area contributed by atoms with Crippen LogP contribution in [0.15, 0.2) is 12.1 Å². The van der Waals surface area contributed by atoms with Crippen LogP contribution in [-0.2, 0) is 0 Å². The molecule has 5 nitrogen and oxygen atoms in total. The fourth-order valence-electron chi connectivity index (χ4n) is 2.05. The number of rotatable bonds is 7. The van der Waals surface area contributed by atoms with Crippen molar-refractivity contribution < 1.29 is 4.79 Å². The van der Waals surface area contributed by atoms with Crippen molar-refractivity contribution in [2.45, 2.75) is 26.2 Å². The molecule has 118 valence electrons. The fraction of sp³-hybridized carbons (Fsp3) is 0.625. The summed E-state index contributed by atoms with van der Waals surface area (Å²) in [5, 5.41) is 3.03. The molecular weight excluding hydrogens is 264 g/mol. The molecule has 0 aliphatic carbocycles. The molecular formula is C16H28N4O. The predicted octanol–water partition coefficient (Wildman–Crippen LogP) is 2.27. The van der Waals surface area contributed by atoms with Gasteiger partial charge in [-0.05, 0) is 45.1 Å². The number of aromatic nitrogens is 1. The number of amides is 1. The van der Waals surface area contributed by atoms with Gasteiger partial charge in [0, 0.05) is 31.9 Å². The molecule has 1 heterocycles. The highest BCUT2D eigenvalue weighted by Crippen LogP contribution is 2.18. The van der Waals surface area contributed by atoms with Crippen molar-refractivity contribution in [3.8, 4) is 0 Å². The van der Waals surface area contributed by atoms with Gasteiger partial charge in [0.2, 0.25) is 0 Å². The fourth-order valence-corrected chi connectivity index (χ4v) is 2.05. The monoisotopic (exact) mass is 292 g/mol. The predicted molar refractivity (Wildman–Crippen MR) is 88.0 cm³/mol. The van der Waals surface area contributed by atoms with Crippen LogP contribution < -0.4 is 5.32 Å². The number of hydrogen-bond donors (Lipinski definition) is 1. The van der Waals surface area contributed by atoms with E-state index in [1.165, 1.54) is 0 Å². The summed E-state index contributed by atoms with van der Waals surface area (Å²) in [5.41, 5.74) is 1.64. The second kappa shape index (κ2) is 7.98. The smallest absolute Gasteiger partial charge is 0.253 e. The van der Waals surface area contributed by atoms with E-state index < -0.39 is 0 Å². The van der Waals surface area contributed by atoms with E-state index in [2.05, 4.69) is 29.0 Å². The molecule has 1 aromatic rings. The van der Waals surface area contributed by atoms with Gasteiger partial charge >= 0.3 is 0 Å². The van der Waals surface area contributed by atoms with Gasteiger partial charge in [0.05, 0.1) is 0 Å². The Labute approximate surface area is 128 Å². The summed E-state index contributed by atoms with van der Waals surface area (Å²) >= 11 is 0. The Bertz CT molecular complexity index is 471. The van der Waals surface area contributed by atoms with E-state index in [1.54, 1.807) is 4.90 Å². The van der Waals surface area contributed by atoms with Gasteiger partial charge in [-0.2, -0.15) is 0 Å². The molecule has 0 atom stereocenters. The van der Waals surface area contributed by atoms with Crippen LogP contribution in [0.5, 0.6) is 0 Å². The molecule has 0 unspecified atom stereocenters. The minimum atomic E-state index is 0.0505. The van der Waals surface area contributed by atoms with Crippen LogP contribution in [0.25, 0.3) is 0 Å². The lowest BCUT2D eigenvalue weighted by molar-refractivity contribution is 0.0790. The summed E-state index contributed by atoms with van der Waals surface area (Å²) in [4.78, 5) is 20.9. The van der Waals surface area contributed by atoms with E-state index >= 15 is 0 Å². The van der Waals surface area contributed by atoms with Crippen molar-refractivity contribution in [2.24, 2.45) is 0 Å². The molecule has 0 aliphatic rings. The van der Waals surface area contributed by atoms with E-state index in [1.807, 2.05) is 40.3 Å². The van der Waals surface area contributed by atoms with Crippen molar-refractivity contribution in [2.75, 3.05) is 46.6 Å². The zero-order valence-corrected chi connectivity index (χ0v) is 14.1. The number of nitrogens with one attached hydrogen (secondary N) is 1. The Morgan fingerprint density at radius 3 is 2.43 bits per heavy atom. The lowest BCUT2D eigenvalue weighted by Crippen LogP contribution is -2.30. The molecule has 1 aromatic heterocycles. The molecule has 5 heteroatoms. The van der Waals surface area contributed by atoms with Gasteiger partial charge in [-0.3, -0.25) is 4.79 Å². The van der Waals surface area contributed by atoms with Crippen LogP contribution in [0, 0.1) is 0 Å². The van der Waals surface area contributed by atoms with Gasteiger partial charge in [0.25, 0.3) is 5.91 Å². The van der Waals surface area contributed by atoms with Crippen molar-refractivity contribution in [3.05, 3.63) is 23.4 Å². The van der Waals surface area contributed by atoms with Gasteiger partial charge in [-0.1, -0.05) is 13.8 Å². The third-order valence-corrected chi connectivity index (χ3v) is 3.39. The second-order valence-electron chi connectivity index (χ2n) is 5.95. The van der Waals surface area contributed by atoms with E-state index in [9.17, 15) is 4.79 Å². The lowest BCUT2D eigenvalue weighted by atomic mass is 10.1. The van der Waals surface area contributed by atoms with Gasteiger partial charge < -0.3 is 15.1 Å². The zero-order chi connectivity index (χ0) is 16.0. The van der Waals surface area contributed by atoms with Crippen LogP contribution in [0.1, 0.15) is 42.2 Å². The Morgan fingerprint density at radius 2 is 1.90 bits per heavy atom. The number of nitrogens with zero attached hydrogens (tertiary/aromatic N) is 3. The van der Waals surface area contributed by atoms with Crippen LogP contribution in [-0.4, -0.2) is 62.0 Å². The SMILES string of the molecule is CNc1cc(C(=O)N(C)CCCN(C)C)cc(C(C)C)n1. The Balaban J connectivity index is 2.83. The molecule has 0 saturated heterocycles. The summed E-state index contributed by atoms with van der Waals surface area (Å²) in [6.07, 6.45) is 0.968. The number of carbonyl (C=O) groups is 1. The topological polar surface area (TPSA) is 48.5 Å². The maximum atomic E-state index is 12.5. The van der Waals surface area contributed by atoms with E-state index in [0.29, 0.717) is 11.5 Å². The first-order valence-corrected chi connectivity index (χ1v) is 7.45. The Kier molecular flexibility index (Phi) is 6.62. The third kappa shape index (κ3) is 5.34. The Hall–Kier alpha value is -1.62. The van der Waals surface area contributed by atoms with E-state index in [0.717, 1.165) is 31.0 Å². The van der Waals surface area contributed by atoms with Crippen LogP contribution in [0.3, 0.4) is 0 Å². The van der Waals surface area contributed by atoms with Crippen LogP contribution >= 0.6 is 0 Å². The van der Waals surface area contributed by atoms with E-state index in [-0.39, 0.29) is 5.91 Å². The quantitative estimate of drug-likeness (QED) is 0.837.